The van der Waals surface area contributed by atoms with Crippen LogP contribution in [0.4, 0.5) is 6.01 Å². The lowest BCUT2D eigenvalue weighted by atomic mass is 10.0. The van der Waals surface area contributed by atoms with E-state index >= 15 is 0 Å². The Balaban J connectivity index is 2.54. The molecule has 0 aromatic carbocycles. The predicted molar refractivity (Wildman–Crippen MR) is 67.7 cm³/mol. The van der Waals surface area contributed by atoms with Crippen molar-refractivity contribution < 1.29 is 9.21 Å². The van der Waals surface area contributed by atoms with Crippen LogP contribution in [0.5, 0.6) is 0 Å². The van der Waals surface area contributed by atoms with Crippen LogP contribution in [-0.4, -0.2) is 28.7 Å². The van der Waals surface area contributed by atoms with Crippen molar-refractivity contribution in [1.82, 2.24) is 15.5 Å². The fourth-order valence-electron chi connectivity index (χ4n) is 1.45. The third-order valence-corrected chi connectivity index (χ3v) is 2.42. The van der Waals surface area contributed by atoms with Crippen LogP contribution < -0.4 is 16.4 Å². The minimum absolute atomic E-state index is 0.0519. The number of hydrogen-bond donors (Lipinski definition) is 3. The van der Waals surface area contributed by atoms with E-state index in [9.17, 15) is 4.79 Å². The van der Waals surface area contributed by atoms with Gasteiger partial charge in [0.2, 0.25) is 11.8 Å². The number of amides is 1. The number of anilines is 1. The van der Waals surface area contributed by atoms with Gasteiger partial charge in [-0.2, -0.15) is 0 Å². The molecule has 1 heterocycles. The summed E-state index contributed by atoms with van der Waals surface area (Å²) >= 11 is 0. The maximum atomic E-state index is 11.2. The molecule has 0 radical (unpaired) electrons. The number of carbonyl (C=O) groups excluding carboxylic acids is 1. The van der Waals surface area contributed by atoms with Crippen molar-refractivity contribution in [3.05, 3.63) is 5.89 Å². The summed E-state index contributed by atoms with van der Waals surface area (Å²) in [6, 6.07) is -0.289. The number of nitrogens with zero attached hydrogens (tertiary/aromatic N) is 2. The molecule has 0 fully saturated rings. The second kappa shape index (κ2) is 6.95. The molecule has 0 saturated carbocycles. The normalized spacial score (nSPS) is 12.7. The van der Waals surface area contributed by atoms with Gasteiger partial charge in [0, 0.05) is 0 Å². The van der Waals surface area contributed by atoms with E-state index in [0.717, 1.165) is 13.0 Å². The zero-order valence-corrected chi connectivity index (χ0v) is 11.1. The molecule has 0 aliphatic rings. The van der Waals surface area contributed by atoms with Gasteiger partial charge < -0.3 is 20.8 Å². The highest BCUT2D eigenvalue weighted by Crippen LogP contribution is 2.11. The molecule has 1 atom stereocenters. The number of nitrogens with one attached hydrogen (secondary N) is 2. The molecule has 1 rings (SSSR count). The van der Waals surface area contributed by atoms with Gasteiger partial charge >= 0.3 is 6.01 Å². The van der Waals surface area contributed by atoms with Crippen molar-refractivity contribution in [2.75, 3.05) is 11.9 Å². The third kappa shape index (κ3) is 4.33. The number of rotatable bonds is 8. The minimum Gasteiger partial charge on any atom is -0.407 e. The molecule has 0 aliphatic heterocycles. The molecule has 1 unspecified atom stereocenters. The first-order valence-corrected chi connectivity index (χ1v) is 6.13. The van der Waals surface area contributed by atoms with Gasteiger partial charge in [-0.15, -0.1) is 5.10 Å². The fourth-order valence-corrected chi connectivity index (χ4v) is 1.45. The highest BCUT2D eigenvalue weighted by Gasteiger charge is 2.21. The van der Waals surface area contributed by atoms with Gasteiger partial charge in [0.05, 0.1) is 6.54 Å². The predicted octanol–water partition coefficient (Wildman–Crippen LogP) is 0.491. The molecular formula is C11H21N5O2. The molecule has 0 spiro atoms. The van der Waals surface area contributed by atoms with E-state index in [4.69, 9.17) is 10.2 Å². The molecule has 4 N–H and O–H groups in total. The average molecular weight is 255 g/mol. The van der Waals surface area contributed by atoms with Crippen LogP contribution in [0.15, 0.2) is 4.42 Å². The number of carbonyl (C=O) groups is 1. The van der Waals surface area contributed by atoms with Crippen molar-refractivity contribution in [3.8, 4) is 0 Å². The second-order valence-electron chi connectivity index (χ2n) is 4.45. The van der Waals surface area contributed by atoms with E-state index in [1.807, 2.05) is 13.8 Å². The van der Waals surface area contributed by atoms with Gasteiger partial charge in [-0.3, -0.25) is 4.79 Å². The summed E-state index contributed by atoms with van der Waals surface area (Å²) in [5.41, 5.74) is 5.29. The third-order valence-electron chi connectivity index (χ3n) is 2.42. The quantitative estimate of drug-likeness (QED) is 0.584. The van der Waals surface area contributed by atoms with Crippen molar-refractivity contribution in [1.29, 1.82) is 0 Å². The molecule has 1 aromatic rings. The topological polar surface area (TPSA) is 106 Å². The van der Waals surface area contributed by atoms with Crippen molar-refractivity contribution >= 4 is 11.9 Å². The molecule has 0 aliphatic carbocycles. The van der Waals surface area contributed by atoms with Gasteiger partial charge in [-0.05, 0) is 18.9 Å². The Kier molecular flexibility index (Phi) is 5.57. The Morgan fingerprint density at radius 2 is 2.17 bits per heavy atom. The second-order valence-corrected chi connectivity index (χ2v) is 4.45. The van der Waals surface area contributed by atoms with Gasteiger partial charge in [0.25, 0.3) is 0 Å². The highest BCUT2D eigenvalue weighted by molar-refractivity contribution is 5.82. The number of nitrogens with two attached hydrogens (primary N) is 1. The smallest absolute Gasteiger partial charge is 0.316 e. The van der Waals surface area contributed by atoms with Crippen LogP contribution in [0.3, 0.4) is 0 Å². The maximum Gasteiger partial charge on any atom is 0.316 e. The SMILES string of the molecule is CCCNCc1nnc(NC(C(N)=O)C(C)C)o1. The molecule has 0 bridgehead atoms. The zero-order chi connectivity index (χ0) is 13.5. The first-order chi connectivity index (χ1) is 8.54. The van der Waals surface area contributed by atoms with E-state index in [-0.39, 0.29) is 11.9 Å². The summed E-state index contributed by atoms with van der Waals surface area (Å²) < 4.78 is 5.36. The Bertz CT molecular complexity index is 377. The van der Waals surface area contributed by atoms with Crippen LogP contribution in [-0.2, 0) is 11.3 Å². The molecule has 7 heteroatoms. The molecular weight excluding hydrogens is 234 g/mol. The molecule has 1 aromatic heterocycles. The first kappa shape index (κ1) is 14.4. The van der Waals surface area contributed by atoms with Gasteiger partial charge in [0.15, 0.2) is 0 Å². The van der Waals surface area contributed by atoms with Crippen molar-refractivity contribution in [2.24, 2.45) is 11.7 Å². The van der Waals surface area contributed by atoms with Crippen molar-refractivity contribution in [3.63, 3.8) is 0 Å². The summed E-state index contributed by atoms with van der Waals surface area (Å²) in [4.78, 5) is 11.2. The van der Waals surface area contributed by atoms with E-state index in [0.29, 0.717) is 12.4 Å². The average Bonchev–Trinajstić information content (AvgIpc) is 2.73. The van der Waals surface area contributed by atoms with Crippen LogP contribution in [0.1, 0.15) is 33.1 Å². The monoisotopic (exact) mass is 255 g/mol. The standard InChI is InChI=1S/C11H21N5O2/c1-4-5-13-6-8-15-16-11(18-8)14-9(7(2)3)10(12)17/h7,9,13H,4-6H2,1-3H3,(H2,12,17)(H,14,16). The summed E-state index contributed by atoms with van der Waals surface area (Å²) in [5.74, 6) is 0.0999. The van der Waals surface area contributed by atoms with Gasteiger partial charge in [-0.1, -0.05) is 25.9 Å². The summed E-state index contributed by atoms with van der Waals surface area (Å²) in [6.45, 7) is 7.27. The van der Waals surface area contributed by atoms with E-state index < -0.39 is 11.9 Å². The lowest BCUT2D eigenvalue weighted by molar-refractivity contribution is -0.119. The lowest BCUT2D eigenvalue weighted by Gasteiger charge is -2.16. The van der Waals surface area contributed by atoms with Gasteiger partial charge in [0.1, 0.15) is 6.04 Å². The van der Waals surface area contributed by atoms with E-state index in [1.54, 1.807) is 0 Å². The maximum absolute atomic E-state index is 11.2. The number of aromatic nitrogens is 2. The Labute approximate surface area is 107 Å². The summed E-state index contributed by atoms with van der Waals surface area (Å²) in [6.07, 6.45) is 1.04. The Morgan fingerprint density at radius 1 is 1.44 bits per heavy atom. The zero-order valence-electron chi connectivity index (χ0n) is 11.1. The molecule has 18 heavy (non-hydrogen) atoms. The number of hydrogen-bond acceptors (Lipinski definition) is 6. The Morgan fingerprint density at radius 3 is 2.72 bits per heavy atom. The fraction of sp³-hybridized carbons (Fsp3) is 0.727. The number of primary amides is 1. The van der Waals surface area contributed by atoms with Crippen LogP contribution in [0, 0.1) is 5.92 Å². The van der Waals surface area contributed by atoms with Crippen LogP contribution in [0.25, 0.3) is 0 Å². The Hall–Kier alpha value is -1.63. The molecule has 7 nitrogen and oxygen atoms in total. The van der Waals surface area contributed by atoms with Crippen molar-refractivity contribution in [2.45, 2.75) is 39.8 Å². The van der Waals surface area contributed by atoms with E-state index in [2.05, 4.69) is 27.8 Å². The molecule has 0 saturated heterocycles. The first-order valence-electron chi connectivity index (χ1n) is 6.13. The molecule has 1 amide bonds. The van der Waals surface area contributed by atoms with Gasteiger partial charge in [-0.25, -0.2) is 0 Å². The lowest BCUT2D eigenvalue weighted by Crippen LogP contribution is -2.39. The summed E-state index contributed by atoms with van der Waals surface area (Å²) in [7, 11) is 0. The van der Waals surface area contributed by atoms with Crippen LogP contribution >= 0.6 is 0 Å². The van der Waals surface area contributed by atoms with E-state index in [1.165, 1.54) is 0 Å². The minimum atomic E-state index is -0.512. The largest absolute Gasteiger partial charge is 0.407 e. The summed E-state index contributed by atoms with van der Waals surface area (Å²) in [5, 5.41) is 13.7. The van der Waals surface area contributed by atoms with Crippen LogP contribution in [0.2, 0.25) is 0 Å². The highest BCUT2D eigenvalue weighted by atomic mass is 16.4. The molecule has 102 valence electrons.